The monoisotopic (exact) mass is 806 g/mol. The number of aryl methyl sites for hydroxylation is 2. The number of pyridine rings is 1. The first-order valence-electron chi connectivity index (χ1n) is 20.6. The van der Waals surface area contributed by atoms with Crippen molar-refractivity contribution in [1.29, 1.82) is 0 Å². The van der Waals surface area contributed by atoms with Gasteiger partial charge in [0.25, 0.3) is 5.91 Å². The zero-order valence-corrected chi connectivity index (χ0v) is 39.0. The largest absolute Gasteiger partial charge is 0.496 e. The van der Waals surface area contributed by atoms with Gasteiger partial charge in [-0.1, -0.05) is 114 Å². The number of benzene rings is 2. The van der Waals surface area contributed by atoms with Gasteiger partial charge in [0, 0.05) is 43.7 Å². The van der Waals surface area contributed by atoms with E-state index in [2.05, 4.69) is 77.3 Å². The molecule has 0 fully saturated rings. The summed E-state index contributed by atoms with van der Waals surface area (Å²) in [6, 6.07) is 12.8. The van der Waals surface area contributed by atoms with Gasteiger partial charge in [-0.05, 0) is 85.3 Å². The van der Waals surface area contributed by atoms with Crippen molar-refractivity contribution in [3.8, 4) is 11.6 Å². The highest BCUT2D eigenvalue weighted by Crippen LogP contribution is 2.33. The number of ketones is 1. The number of hydrogen-bond acceptors (Lipinski definition) is 8. The van der Waals surface area contributed by atoms with Crippen molar-refractivity contribution in [3.63, 3.8) is 0 Å². The van der Waals surface area contributed by atoms with Gasteiger partial charge in [-0.2, -0.15) is 0 Å². The number of carbonyl (C=O) groups excluding carboxylic acids is 2. The molecular weight excluding hydrogens is 731 g/mol. The number of Topliss-reactive ketones (excluding diaryl/α,β-unsaturated/α-hetero) is 1. The van der Waals surface area contributed by atoms with Crippen molar-refractivity contribution in [2.75, 3.05) is 33.3 Å². The first-order chi connectivity index (χ1) is 27.1. The minimum atomic E-state index is -0.186. The molecule has 2 aromatic heterocycles. The lowest BCUT2D eigenvalue weighted by molar-refractivity contribution is 0.0979. The Labute approximate surface area is 350 Å². The Bertz CT molecular complexity index is 1730. The Morgan fingerprint density at radius 2 is 1.46 bits per heavy atom. The molecule has 8 nitrogen and oxygen atoms in total. The van der Waals surface area contributed by atoms with Crippen molar-refractivity contribution in [1.82, 2.24) is 9.97 Å². The van der Waals surface area contributed by atoms with Crippen molar-refractivity contribution in [2.45, 2.75) is 116 Å². The smallest absolute Gasteiger partial charge is 0.256 e. The molecule has 0 radical (unpaired) electrons. The predicted molar refractivity (Wildman–Crippen MR) is 245 cm³/mol. The number of rotatable bonds is 15. The van der Waals surface area contributed by atoms with Crippen LogP contribution >= 0.6 is 11.3 Å². The number of amides is 1. The first kappa shape index (κ1) is 52.9. The fourth-order valence-corrected chi connectivity index (χ4v) is 6.43. The van der Waals surface area contributed by atoms with E-state index < -0.39 is 0 Å². The molecule has 318 valence electrons. The van der Waals surface area contributed by atoms with Crippen LogP contribution in [-0.2, 0) is 4.74 Å². The summed E-state index contributed by atoms with van der Waals surface area (Å²) in [6.45, 7) is 32.6. The van der Waals surface area contributed by atoms with E-state index in [1.54, 1.807) is 43.9 Å². The fourth-order valence-electron chi connectivity index (χ4n) is 5.46. The molecule has 0 aliphatic rings. The molecule has 4 aromatic rings. The molecule has 1 N–H and O–H groups in total. The van der Waals surface area contributed by atoms with Crippen LogP contribution in [0.2, 0.25) is 0 Å². The van der Waals surface area contributed by atoms with Crippen LogP contribution in [0.4, 0.5) is 5.69 Å². The normalized spacial score (nSPS) is 12.4. The highest BCUT2D eigenvalue weighted by molar-refractivity contribution is 7.19. The van der Waals surface area contributed by atoms with Gasteiger partial charge < -0.3 is 19.5 Å². The second kappa shape index (κ2) is 29.2. The van der Waals surface area contributed by atoms with Crippen molar-refractivity contribution < 1.29 is 23.8 Å². The van der Waals surface area contributed by atoms with Gasteiger partial charge in [0.05, 0.1) is 35.0 Å². The number of fused-ring (bicyclic) bond motifs is 1. The quantitative estimate of drug-likeness (QED) is 0.119. The van der Waals surface area contributed by atoms with Crippen LogP contribution in [0.1, 0.15) is 139 Å². The molecule has 0 saturated carbocycles. The maximum atomic E-state index is 12.2. The Morgan fingerprint density at radius 1 is 0.860 bits per heavy atom. The van der Waals surface area contributed by atoms with Gasteiger partial charge in [0.15, 0.2) is 5.78 Å². The molecular formula is C48H75N3O5S. The third kappa shape index (κ3) is 18.4. The fraction of sp³-hybridized carbons (Fsp3) is 0.542. The number of methoxy groups -OCH3 is 3. The summed E-state index contributed by atoms with van der Waals surface area (Å²) in [5.41, 5.74) is 4.65. The van der Waals surface area contributed by atoms with Crippen LogP contribution in [-0.4, -0.2) is 49.6 Å². The average molecular weight is 806 g/mol. The highest BCUT2D eigenvalue weighted by Gasteiger charge is 2.22. The van der Waals surface area contributed by atoms with E-state index in [1.165, 1.54) is 20.0 Å². The second-order valence-corrected chi connectivity index (χ2v) is 15.8. The average Bonchev–Trinajstić information content (AvgIpc) is 3.61. The lowest BCUT2D eigenvalue weighted by Crippen LogP contribution is -2.24. The molecule has 0 aliphatic heterocycles. The lowest BCUT2D eigenvalue weighted by Gasteiger charge is -2.29. The number of hydrogen-bond donors (Lipinski definition) is 1. The van der Waals surface area contributed by atoms with Gasteiger partial charge >= 0.3 is 0 Å². The summed E-state index contributed by atoms with van der Waals surface area (Å²) in [5.74, 6) is 4.97. The number of carbonyl (C=O) groups is 2. The highest BCUT2D eigenvalue weighted by atomic mass is 32.1. The minimum absolute atomic E-state index is 0.138. The number of nitrogens with one attached hydrogen (secondary N) is 1. The number of nitrogens with zero attached hydrogens (tertiary/aromatic N) is 2. The molecule has 0 saturated heterocycles. The molecule has 57 heavy (non-hydrogen) atoms. The van der Waals surface area contributed by atoms with Crippen LogP contribution < -0.4 is 14.8 Å². The van der Waals surface area contributed by atoms with E-state index in [-0.39, 0.29) is 11.7 Å². The van der Waals surface area contributed by atoms with E-state index in [1.807, 2.05) is 71.0 Å². The summed E-state index contributed by atoms with van der Waals surface area (Å²) in [5, 5.41) is 3.82. The Hall–Kier alpha value is -4.08. The molecule has 0 aliphatic carbocycles. The molecule has 0 bridgehead atoms. The van der Waals surface area contributed by atoms with Gasteiger partial charge in [-0.15, -0.1) is 11.3 Å². The summed E-state index contributed by atoms with van der Waals surface area (Å²) in [6.07, 6.45) is 7.35. The maximum absolute atomic E-state index is 12.2. The van der Waals surface area contributed by atoms with Crippen LogP contribution in [0, 0.1) is 43.4 Å². The second-order valence-electron chi connectivity index (χ2n) is 14.6. The molecule has 4 unspecified atom stereocenters. The van der Waals surface area contributed by atoms with Crippen LogP contribution in [0.25, 0.3) is 16.3 Å². The standard InChI is InChI=1S/C16H16N2O2.C13H15NO2S.C12H26O.C5H12.C2H6/c1-4-12-5-7-13(8-6-12)18-16(19)14-9-15(20-3)17-10-11(14)2;1-4-5-10(15)12-11(16-3)7-6-9-13(12)17-8(2)14-9;1-7-9(2)11(4)12(5)10(3)8-13-6;1-4-5(2)3;1-2/h4-10H,1H2,2-3H3,(H,18,19);6-7H,4-5H2,1-3H3;9-12H,7-8H2,1-6H3;5H,4H2,1-3H3;1-2H3. The maximum Gasteiger partial charge on any atom is 0.256 e. The van der Waals surface area contributed by atoms with Crippen molar-refractivity contribution >= 4 is 45.0 Å². The van der Waals surface area contributed by atoms with Gasteiger partial charge in [-0.3, -0.25) is 9.59 Å². The van der Waals surface area contributed by atoms with E-state index in [0.717, 1.165) is 68.7 Å². The number of aromatic nitrogens is 2. The van der Waals surface area contributed by atoms with Gasteiger partial charge in [0.1, 0.15) is 5.75 Å². The van der Waals surface area contributed by atoms with Crippen LogP contribution in [0.15, 0.2) is 55.2 Å². The molecule has 4 atom stereocenters. The molecule has 0 spiro atoms. The third-order valence-corrected chi connectivity index (χ3v) is 11.1. The molecule has 9 heteroatoms. The lowest BCUT2D eigenvalue weighted by atomic mass is 9.78. The minimum Gasteiger partial charge on any atom is -0.496 e. The van der Waals surface area contributed by atoms with Crippen LogP contribution in [0.3, 0.4) is 0 Å². The van der Waals surface area contributed by atoms with Crippen molar-refractivity contribution in [2.24, 2.45) is 29.6 Å². The zero-order valence-electron chi connectivity index (χ0n) is 38.2. The third-order valence-electron chi connectivity index (χ3n) is 10.1. The van der Waals surface area contributed by atoms with E-state index in [0.29, 0.717) is 35.1 Å². The first-order valence-corrected chi connectivity index (χ1v) is 21.4. The Balaban J connectivity index is 0.000000776. The molecule has 2 heterocycles. The summed E-state index contributed by atoms with van der Waals surface area (Å²) in [4.78, 5) is 32.8. The van der Waals surface area contributed by atoms with Gasteiger partial charge in [-0.25, -0.2) is 9.97 Å². The summed E-state index contributed by atoms with van der Waals surface area (Å²) in [7, 11) is 4.91. The number of thiazole rings is 1. The SMILES string of the molecule is C=Cc1ccc(NC(=O)c2cc(OC)ncc2C)cc1.CC.CCC(C)C.CCC(C)C(C)C(C)C(C)COC.CCCC(=O)c1c(OC)ccc2nc(C)sc12. The summed E-state index contributed by atoms with van der Waals surface area (Å²) >= 11 is 1.55. The van der Waals surface area contributed by atoms with Crippen molar-refractivity contribution in [3.05, 3.63) is 82.5 Å². The van der Waals surface area contributed by atoms with E-state index in [4.69, 9.17) is 14.2 Å². The van der Waals surface area contributed by atoms with E-state index >= 15 is 0 Å². The van der Waals surface area contributed by atoms with E-state index in [9.17, 15) is 9.59 Å². The zero-order chi connectivity index (χ0) is 43.7. The predicted octanol–water partition coefficient (Wildman–Crippen LogP) is 13.6. The molecule has 2 aromatic carbocycles. The summed E-state index contributed by atoms with van der Waals surface area (Å²) < 4.78 is 16.5. The molecule has 1 amide bonds. The Kier molecular flexibility index (Phi) is 27.1. The number of anilines is 1. The topological polar surface area (TPSA) is 99.6 Å². The molecule has 4 rings (SSSR count). The number of ether oxygens (including phenoxy) is 3. The van der Waals surface area contributed by atoms with Crippen LogP contribution in [0.5, 0.6) is 11.6 Å². The van der Waals surface area contributed by atoms with Gasteiger partial charge in [0.2, 0.25) is 5.88 Å². The Morgan fingerprint density at radius 3 is 1.95 bits per heavy atom.